The Morgan fingerprint density at radius 1 is 0.656 bits per heavy atom. The van der Waals surface area contributed by atoms with E-state index in [9.17, 15) is 43.2 Å². The van der Waals surface area contributed by atoms with Crippen LogP contribution in [0.2, 0.25) is 0 Å². The van der Waals surface area contributed by atoms with E-state index in [1.165, 1.54) is 30.5 Å². The average molecular weight is 501 g/mol. The van der Waals surface area contributed by atoms with Crippen LogP contribution in [0.1, 0.15) is 0 Å². The first-order chi connectivity index (χ1) is 14.6. The smallest absolute Gasteiger partial charge is 0.376 e. The Balaban J connectivity index is 1.85. The van der Waals surface area contributed by atoms with Crippen LogP contribution in [0, 0.1) is 0 Å². The molecule has 15 heteroatoms. The minimum absolute atomic E-state index is 0.236. The van der Waals surface area contributed by atoms with Gasteiger partial charge in [-0.15, -0.1) is 0 Å². The summed E-state index contributed by atoms with van der Waals surface area (Å²) in [4.78, 5) is 4.04. The van der Waals surface area contributed by atoms with Crippen LogP contribution >= 0.6 is 0 Å². The lowest BCUT2D eigenvalue weighted by Crippen LogP contribution is -2.28. The number of rotatable bonds is 5. The van der Waals surface area contributed by atoms with Gasteiger partial charge in [0.15, 0.2) is 0 Å². The number of nitrogens with zero attached hydrogens (tertiary/aromatic N) is 1. The molecule has 1 heterocycles. The van der Waals surface area contributed by atoms with E-state index in [0.29, 0.717) is 10.9 Å². The van der Waals surface area contributed by atoms with Crippen molar-refractivity contribution in [3.05, 3.63) is 54.7 Å². The molecule has 172 valence electrons. The molecule has 7 nitrogen and oxygen atoms in total. The highest BCUT2D eigenvalue weighted by molar-refractivity contribution is 7.88. The number of halogens is 6. The first-order valence-corrected chi connectivity index (χ1v) is 10.9. The van der Waals surface area contributed by atoms with Gasteiger partial charge in [0.2, 0.25) is 0 Å². The van der Waals surface area contributed by atoms with Gasteiger partial charge >= 0.3 is 31.3 Å². The second kappa shape index (κ2) is 7.81. The highest BCUT2D eigenvalue weighted by Gasteiger charge is 2.49. The third-order valence-electron chi connectivity index (χ3n) is 3.82. The molecule has 0 spiro atoms. The molecular weight excluding hydrogens is 492 g/mol. The Kier molecular flexibility index (Phi) is 5.76. The molecule has 2 aromatic carbocycles. The summed E-state index contributed by atoms with van der Waals surface area (Å²) >= 11 is 0. The number of hydrogen-bond acceptors (Lipinski definition) is 7. The van der Waals surface area contributed by atoms with E-state index < -0.39 is 42.8 Å². The fourth-order valence-electron chi connectivity index (χ4n) is 2.36. The maximum absolute atomic E-state index is 12.4. The van der Waals surface area contributed by atoms with Crippen molar-refractivity contribution in [1.29, 1.82) is 0 Å². The number of fused-ring (bicyclic) bond motifs is 1. The van der Waals surface area contributed by atoms with Gasteiger partial charge in [-0.2, -0.15) is 43.2 Å². The van der Waals surface area contributed by atoms with E-state index in [-0.39, 0.29) is 11.1 Å². The molecule has 0 radical (unpaired) electrons. The average Bonchev–Trinajstić information content (AvgIpc) is 2.66. The van der Waals surface area contributed by atoms with Gasteiger partial charge < -0.3 is 8.37 Å². The Morgan fingerprint density at radius 2 is 1.16 bits per heavy atom. The summed E-state index contributed by atoms with van der Waals surface area (Å²) in [5, 5.41) is 0.659. The molecule has 1 aromatic heterocycles. The lowest BCUT2D eigenvalue weighted by atomic mass is 10.1. The second-order valence-electron chi connectivity index (χ2n) is 6.07. The fraction of sp³-hybridized carbons (Fsp3) is 0.118. The van der Waals surface area contributed by atoms with Gasteiger partial charge in [-0.3, -0.25) is 4.98 Å². The molecule has 0 N–H and O–H groups in total. The molecule has 0 amide bonds. The van der Waals surface area contributed by atoms with Crippen molar-refractivity contribution in [3.8, 4) is 22.8 Å². The molecule has 32 heavy (non-hydrogen) atoms. The minimum atomic E-state index is -5.84. The summed E-state index contributed by atoms with van der Waals surface area (Å²) in [5.41, 5.74) is -10.6. The van der Waals surface area contributed by atoms with E-state index in [2.05, 4.69) is 13.4 Å². The normalized spacial score (nSPS) is 13.2. The lowest BCUT2D eigenvalue weighted by Gasteiger charge is -2.11. The third kappa shape index (κ3) is 4.88. The van der Waals surface area contributed by atoms with Crippen LogP contribution in [-0.4, -0.2) is 32.8 Å². The first-order valence-electron chi connectivity index (χ1n) is 8.11. The van der Waals surface area contributed by atoms with Crippen molar-refractivity contribution in [3.63, 3.8) is 0 Å². The van der Waals surface area contributed by atoms with Gasteiger partial charge in [0.05, 0.1) is 5.69 Å². The maximum atomic E-state index is 12.4. The zero-order valence-electron chi connectivity index (χ0n) is 15.2. The summed E-state index contributed by atoms with van der Waals surface area (Å²) in [6, 6.07) is 9.18. The van der Waals surface area contributed by atoms with Gasteiger partial charge in [0.25, 0.3) is 0 Å². The molecule has 0 saturated heterocycles. The predicted octanol–water partition coefficient (Wildman–Crippen LogP) is 4.36. The van der Waals surface area contributed by atoms with E-state index in [4.69, 9.17) is 0 Å². The van der Waals surface area contributed by atoms with Gasteiger partial charge in [-0.25, -0.2) is 0 Å². The summed E-state index contributed by atoms with van der Waals surface area (Å²) in [6.45, 7) is 0. The quantitative estimate of drug-likeness (QED) is 0.291. The van der Waals surface area contributed by atoms with Crippen molar-refractivity contribution in [2.45, 2.75) is 11.0 Å². The second-order valence-corrected chi connectivity index (χ2v) is 9.14. The zero-order chi connectivity index (χ0) is 23.9. The molecule has 0 bridgehead atoms. The number of benzene rings is 2. The number of pyridine rings is 1. The number of aromatic nitrogens is 1. The highest BCUT2D eigenvalue weighted by atomic mass is 32.2. The molecular formula is C17H9F6NO6S2. The summed E-state index contributed by atoms with van der Waals surface area (Å²) in [5.74, 6) is -1.17. The highest BCUT2D eigenvalue weighted by Crippen LogP contribution is 2.31. The minimum Gasteiger partial charge on any atom is -0.376 e. The van der Waals surface area contributed by atoms with E-state index in [0.717, 1.165) is 24.3 Å². The van der Waals surface area contributed by atoms with Crippen molar-refractivity contribution in [2.75, 3.05) is 0 Å². The van der Waals surface area contributed by atoms with Crippen molar-refractivity contribution < 1.29 is 51.5 Å². The van der Waals surface area contributed by atoms with Crippen LogP contribution in [0.3, 0.4) is 0 Å². The molecule has 0 saturated carbocycles. The van der Waals surface area contributed by atoms with Gasteiger partial charge in [-0.05, 0) is 47.9 Å². The molecule has 0 aliphatic rings. The lowest BCUT2D eigenvalue weighted by molar-refractivity contribution is -0.0504. The Hall–Kier alpha value is -3.07. The van der Waals surface area contributed by atoms with Gasteiger partial charge in [-0.1, -0.05) is 6.07 Å². The Labute approximate surface area is 176 Å². The molecule has 3 aromatic rings. The van der Waals surface area contributed by atoms with Crippen LogP contribution in [0.15, 0.2) is 54.7 Å². The van der Waals surface area contributed by atoms with Crippen molar-refractivity contribution in [2.24, 2.45) is 0 Å². The summed E-state index contributed by atoms with van der Waals surface area (Å²) in [6.07, 6.45) is 1.20. The molecule has 0 fully saturated rings. The van der Waals surface area contributed by atoms with Gasteiger partial charge in [0.1, 0.15) is 11.5 Å². The third-order valence-corrected chi connectivity index (χ3v) is 5.78. The van der Waals surface area contributed by atoms with Crippen LogP contribution in [0.4, 0.5) is 26.3 Å². The number of hydrogen-bond donors (Lipinski definition) is 0. The van der Waals surface area contributed by atoms with E-state index in [1.807, 2.05) is 0 Å². The van der Waals surface area contributed by atoms with Gasteiger partial charge in [0, 0.05) is 17.1 Å². The monoisotopic (exact) mass is 501 g/mol. The maximum Gasteiger partial charge on any atom is 0.534 e. The van der Waals surface area contributed by atoms with E-state index in [1.54, 1.807) is 0 Å². The molecule has 0 atom stereocenters. The standard InChI is InChI=1S/C17H9F6NO6S2/c18-16(19,20)31(25,26)29-13-4-1-10(2-5-13)15-8-11-3-6-14(7-12(11)9-24-15)30-32(27,28)17(21,22)23/h1-9H. The predicted molar refractivity (Wildman–Crippen MR) is 98.4 cm³/mol. The zero-order valence-corrected chi connectivity index (χ0v) is 16.8. The molecule has 0 unspecified atom stereocenters. The molecule has 0 aliphatic heterocycles. The van der Waals surface area contributed by atoms with E-state index >= 15 is 0 Å². The molecule has 3 rings (SSSR count). The molecule has 0 aliphatic carbocycles. The van der Waals surface area contributed by atoms with Crippen LogP contribution < -0.4 is 8.37 Å². The number of alkyl halides is 6. The largest absolute Gasteiger partial charge is 0.534 e. The topological polar surface area (TPSA) is 99.6 Å². The van der Waals surface area contributed by atoms with Crippen LogP contribution in [0.5, 0.6) is 11.5 Å². The van der Waals surface area contributed by atoms with Crippen LogP contribution in [-0.2, 0) is 20.2 Å². The first kappa shape index (κ1) is 23.6. The fourth-order valence-corrected chi connectivity index (χ4v) is 3.27. The Morgan fingerprint density at radius 3 is 1.69 bits per heavy atom. The summed E-state index contributed by atoms with van der Waals surface area (Å²) in [7, 11) is -11.7. The van der Waals surface area contributed by atoms with Crippen molar-refractivity contribution in [1.82, 2.24) is 4.98 Å². The Bertz CT molecular complexity index is 1370. The SMILES string of the molecule is O=S(=O)(Oc1ccc(-c2cc3ccc(OS(=O)(=O)C(F)(F)F)cc3cn2)cc1)C(F)(F)F. The summed E-state index contributed by atoms with van der Waals surface area (Å²) < 4.78 is 127. The van der Waals surface area contributed by atoms with Crippen LogP contribution in [0.25, 0.3) is 22.0 Å². The van der Waals surface area contributed by atoms with Crippen molar-refractivity contribution >= 4 is 31.0 Å².